The van der Waals surface area contributed by atoms with E-state index in [0.717, 1.165) is 30.9 Å². The topological polar surface area (TPSA) is 126 Å². The molecule has 0 saturated carbocycles. The lowest BCUT2D eigenvalue weighted by atomic mass is 9.95. The average Bonchev–Trinajstić information content (AvgIpc) is 3.30. The number of carboxylic acid groups (broad SMARTS) is 1. The molecule has 2 aromatic carbocycles. The van der Waals surface area contributed by atoms with Crippen molar-refractivity contribution in [3.63, 3.8) is 0 Å². The van der Waals surface area contributed by atoms with Gasteiger partial charge in [0, 0.05) is 56.9 Å². The maximum absolute atomic E-state index is 15.8. The first-order valence-corrected chi connectivity index (χ1v) is 13.9. The predicted octanol–water partition coefficient (Wildman–Crippen LogP) is 3.50. The summed E-state index contributed by atoms with van der Waals surface area (Å²) in [6, 6.07) is 17.2. The fourth-order valence-electron chi connectivity index (χ4n) is 6.12. The molecule has 212 valence electrons. The highest BCUT2D eigenvalue weighted by Crippen LogP contribution is 2.37. The van der Waals surface area contributed by atoms with Crippen LogP contribution in [0.2, 0.25) is 0 Å². The molecule has 11 nitrogen and oxygen atoms in total. The minimum absolute atomic E-state index is 0.277. The summed E-state index contributed by atoms with van der Waals surface area (Å²) in [7, 11) is 0. The Bertz CT molecular complexity index is 1550. The number of likely N-dealkylation sites (tertiary alicyclic amines) is 3. The SMILES string of the molecule is Nc1ncnc2c1c(-c1ccc(Oc3ccccc3)cc1)nn2[C@H]1CCN(C2CN(C3CN(C(=O)O)C3)C2)C[C@@H]1F. The van der Waals surface area contributed by atoms with Gasteiger partial charge < -0.3 is 20.5 Å². The van der Waals surface area contributed by atoms with Crippen molar-refractivity contribution in [2.75, 3.05) is 45.0 Å². The predicted molar refractivity (Wildman–Crippen MR) is 151 cm³/mol. The van der Waals surface area contributed by atoms with E-state index in [9.17, 15) is 4.79 Å². The summed E-state index contributed by atoms with van der Waals surface area (Å²) in [5.74, 6) is 1.74. The normalized spacial score (nSPS) is 22.4. The van der Waals surface area contributed by atoms with Crippen LogP contribution in [0.4, 0.5) is 15.0 Å². The smallest absolute Gasteiger partial charge is 0.407 e. The van der Waals surface area contributed by atoms with Gasteiger partial charge in [-0.05, 0) is 42.8 Å². The Hall–Kier alpha value is -4.29. The van der Waals surface area contributed by atoms with E-state index in [1.165, 1.54) is 11.2 Å². The van der Waals surface area contributed by atoms with Crippen molar-refractivity contribution in [3.8, 4) is 22.8 Å². The number of rotatable bonds is 6. The zero-order valence-electron chi connectivity index (χ0n) is 22.4. The van der Waals surface area contributed by atoms with Crippen LogP contribution in [-0.4, -0.2) is 103 Å². The van der Waals surface area contributed by atoms with Crippen molar-refractivity contribution < 1.29 is 19.0 Å². The number of piperidine rings is 1. The monoisotopic (exact) mass is 558 g/mol. The van der Waals surface area contributed by atoms with Crippen molar-refractivity contribution in [3.05, 3.63) is 60.9 Å². The Labute approximate surface area is 235 Å². The Morgan fingerprint density at radius 1 is 0.927 bits per heavy atom. The first-order chi connectivity index (χ1) is 19.9. The number of hydrogen-bond acceptors (Lipinski definition) is 8. The Morgan fingerprint density at radius 2 is 1.63 bits per heavy atom. The molecule has 3 N–H and O–H groups in total. The molecule has 0 spiro atoms. The molecule has 0 unspecified atom stereocenters. The molecular weight excluding hydrogens is 527 g/mol. The number of para-hydroxylation sites is 1. The zero-order chi connectivity index (χ0) is 28.1. The van der Waals surface area contributed by atoms with Crippen molar-refractivity contribution >= 4 is 22.9 Å². The largest absolute Gasteiger partial charge is 0.465 e. The molecular formula is C29H31FN8O3. The van der Waals surface area contributed by atoms with Gasteiger partial charge in [0.05, 0.1) is 11.4 Å². The molecule has 2 aromatic heterocycles. The third-order valence-electron chi connectivity index (χ3n) is 8.53. The molecule has 12 heteroatoms. The molecule has 4 aromatic rings. The van der Waals surface area contributed by atoms with Gasteiger partial charge in [0.1, 0.15) is 35.5 Å². The van der Waals surface area contributed by atoms with Crippen LogP contribution in [0.1, 0.15) is 12.5 Å². The van der Waals surface area contributed by atoms with Crippen LogP contribution in [0.15, 0.2) is 60.9 Å². The maximum atomic E-state index is 15.8. The van der Waals surface area contributed by atoms with Gasteiger partial charge in [-0.15, -0.1) is 0 Å². The summed E-state index contributed by atoms with van der Waals surface area (Å²) in [6.07, 6.45) is -0.000165. The number of halogens is 1. The quantitative estimate of drug-likeness (QED) is 0.366. The van der Waals surface area contributed by atoms with E-state index in [1.807, 2.05) is 54.6 Å². The van der Waals surface area contributed by atoms with E-state index < -0.39 is 18.3 Å². The number of carbonyl (C=O) groups is 1. The number of ether oxygens (including phenoxy) is 1. The van der Waals surface area contributed by atoms with Gasteiger partial charge in [-0.2, -0.15) is 5.10 Å². The number of anilines is 1. The third kappa shape index (κ3) is 4.72. The van der Waals surface area contributed by atoms with Crippen molar-refractivity contribution in [2.45, 2.75) is 30.7 Å². The standard InChI is InChI=1S/C29H31FN8O3/c30-23-16-35(19-12-36(13-19)20-14-37(15-20)29(39)40)11-10-24(23)38-28-25(27(31)32-17-33-28)26(34-38)18-6-8-22(9-7-18)41-21-4-2-1-3-5-21/h1-9,17,19-20,23-24H,10-16H2,(H,39,40)(H2,31,32,33)/t23-,24-/m0/s1. The second kappa shape index (κ2) is 10.3. The van der Waals surface area contributed by atoms with Gasteiger partial charge in [-0.1, -0.05) is 18.2 Å². The van der Waals surface area contributed by atoms with Crippen LogP contribution in [0.25, 0.3) is 22.3 Å². The van der Waals surface area contributed by atoms with Gasteiger partial charge in [0.15, 0.2) is 5.65 Å². The molecule has 41 heavy (non-hydrogen) atoms. The summed E-state index contributed by atoms with van der Waals surface area (Å²) < 4.78 is 23.4. The third-order valence-corrected chi connectivity index (χ3v) is 8.53. The molecule has 5 heterocycles. The van der Waals surface area contributed by atoms with Crippen LogP contribution in [0.5, 0.6) is 11.5 Å². The number of fused-ring (bicyclic) bond motifs is 1. The minimum Gasteiger partial charge on any atom is -0.465 e. The lowest BCUT2D eigenvalue weighted by Crippen LogP contribution is -2.71. The van der Waals surface area contributed by atoms with Crippen LogP contribution >= 0.6 is 0 Å². The van der Waals surface area contributed by atoms with Crippen LogP contribution in [-0.2, 0) is 0 Å². The van der Waals surface area contributed by atoms with Gasteiger partial charge in [-0.3, -0.25) is 9.80 Å². The molecule has 1 amide bonds. The van der Waals surface area contributed by atoms with E-state index in [2.05, 4.69) is 19.8 Å². The molecule has 3 saturated heterocycles. The Balaban J connectivity index is 1.06. The number of nitrogen functional groups attached to an aromatic ring is 1. The number of nitrogens with two attached hydrogens (primary N) is 1. The number of aromatic nitrogens is 4. The van der Waals surface area contributed by atoms with Crippen LogP contribution in [0, 0.1) is 0 Å². The van der Waals surface area contributed by atoms with Gasteiger partial charge in [0.25, 0.3) is 0 Å². The number of hydrogen-bond donors (Lipinski definition) is 2. The van der Waals surface area contributed by atoms with E-state index >= 15 is 4.39 Å². The summed E-state index contributed by atoms with van der Waals surface area (Å²) >= 11 is 0. The highest BCUT2D eigenvalue weighted by Gasteiger charge is 2.44. The molecule has 3 fully saturated rings. The Morgan fingerprint density at radius 3 is 2.34 bits per heavy atom. The second-order valence-corrected chi connectivity index (χ2v) is 11.0. The zero-order valence-corrected chi connectivity index (χ0v) is 22.4. The van der Waals surface area contributed by atoms with E-state index in [0.29, 0.717) is 54.3 Å². The fourth-order valence-corrected chi connectivity index (χ4v) is 6.12. The molecule has 0 aliphatic carbocycles. The van der Waals surface area contributed by atoms with Crippen molar-refractivity contribution in [1.29, 1.82) is 0 Å². The minimum atomic E-state index is -1.13. The van der Waals surface area contributed by atoms with Gasteiger partial charge in [0.2, 0.25) is 0 Å². The Kier molecular flexibility index (Phi) is 6.43. The van der Waals surface area contributed by atoms with E-state index in [4.69, 9.17) is 20.7 Å². The average molecular weight is 559 g/mol. The highest BCUT2D eigenvalue weighted by atomic mass is 19.1. The van der Waals surface area contributed by atoms with Gasteiger partial charge in [-0.25, -0.2) is 23.8 Å². The number of benzene rings is 2. The van der Waals surface area contributed by atoms with Crippen molar-refractivity contribution in [2.24, 2.45) is 0 Å². The summed E-state index contributed by atoms with van der Waals surface area (Å²) in [4.78, 5) is 25.6. The van der Waals surface area contributed by atoms with Crippen LogP contribution in [0.3, 0.4) is 0 Å². The fraction of sp³-hybridized carbons (Fsp3) is 0.379. The molecule has 0 radical (unpaired) electrons. The van der Waals surface area contributed by atoms with Crippen LogP contribution < -0.4 is 10.5 Å². The first kappa shape index (κ1) is 25.7. The van der Waals surface area contributed by atoms with E-state index in [1.54, 1.807) is 4.68 Å². The number of amides is 1. The molecule has 0 bridgehead atoms. The molecule has 2 atom stereocenters. The molecule has 3 aliphatic rings. The molecule has 3 aliphatic heterocycles. The summed E-state index contributed by atoms with van der Waals surface area (Å²) in [5, 5.41) is 14.5. The highest BCUT2D eigenvalue weighted by molar-refractivity contribution is 5.98. The van der Waals surface area contributed by atoms with E-state index in [-0.39, 0.29) is 12.1 Å². The number of nitrogens with zero attached hydrogens (tertiary/aromatic N) is 7. The number of alkyl halides is 1. The molecule has 7 rings (SSSR count). The second-order valence-electron chi connectivity index (χ2n) is 11.0. The first-order valence-electron chi connectivity index (χ1n) is 13.9. The summed E-state index contributed by atoms with van der Waals surface area (Å²) in [6.45, 7) is 3.86. The van der Waals surface area contributed by atoms with Crippen molar-refractivity contribution in [1.82, 2.24) is 34.4 Å². The van der Waals surface area contributed by atoms with Gasteiger partial charge >= 0.3 is 6.09 Å². The lowest BCUT2D eigenvalue weighted by Gasteiger charge is -2.54. The lowest BCUT2D eigenvalue weighted by molar-refractivity contribution is -0.0609. The summed E-state index contributed by atoms with van der Waals surface area (Å²) in [5.41, 5.74) is 8.26. The maximum Gasteiger partial charge on any atom is 0.407 e.